The van der Waals surface area contributed by atoms with Crippen molar-refractivity contribution in [2.24, 2.45) is 0 Å². The molecule has 1 aliphatic rings. The SMILES string of the molecule is CCN1C(=O)c2cc(NC(=O)c3cccc(C(F)(F)F)c3)ccc2Oc2ccccc21. The number of fused-ring (bicyclic) bond motifs is 2. The fourth-order valence-corrected chi connectivity index (χ4v) is 3.36. The van der Waals surface area contributed by atoms with Crippen LogP contribution < -0.4 is 15.0 Å². The van der Waals surface area contributed by atoms with Gasteiger partial charge in [0.15, 0.2) is 5.75 Å². The van der Waals surface area contributed by atoms with Crippen molar-refractivity contribution >= 4 is 23.2 Å². The summed E-state index contributed by atoms with van der Waals surface area (Å²) in [6.45, 7) is 2.23. The van der Waals surface area contributed by atoms with Crippen molar-refractivity contribution in [3.8, 4) is 11.5 Å². The van der Waals surface area contributed by atoms with Crippen molar-refractivity contribution in [3.63, 3.8) is 0 Å². The van der Waals surface area contributed by atoms with E-state index in [1.54, 1.807) is 35.2 Å². The van der Waals surface area contributed by atoms with Crippen LogP contribution in [0.2, 0.25) is 0 Å². The summed E-state index contributed by atoms with van der Waals surface area (Å²) < 4.78 is 44.7. The molecule has 0 fully saturated rings. The number of hydrogen-bond acceptors (Lipinski definition) is 3. The van der Waals surface area contributed by atoms with E-state index in [9.17, 15) is 22.8 Å². The Morgan fingerprint density at radius 3 is 2.52 bits per heavy atom. The van der Waals surface area contributed by atoms with E-state index in [1.165, 1.54) is 24.3 Å². The summed E-state index contributed by atoms with van der Waals surface area (Å²) in [6, 6.07) is 15.8. The van der Waals surface area contributed by atoms with Gasteiger partial charge in [-0.25, -0.2) is 0 Å². The zero-order chi connectivity index (χ0) is 22.2. The molecule has 0 saturated heterocycles. The lowest BCUT2D eigenvalue weighted by Crippen LogP contribution is -2.29. The number of benzene rings is 3. The van der Waals surface area contributed by atoms with Gasteiger partial charge in [-0.2, -0.15) is 13.2 Å². The number of ether oxygens (including phenoxy) is 1. The first kappa shape index (κ1) is 20.5. The summed E-state index contributed by atoms with van der Waals surface area (Å²) >= 11 is 0. The van der Waals surface area contributed by atoms with Crippen LogP contribution >= 0.6 is 0 Å². The molecule has 0 radical (unpaired) electrons. The molecule has 0 saturated carbocycles. The molecule has 1 N–H and O–H groups in total. The van der Waals surface area contributed by atoms with E-state index in [2.05, 4.69) is 5.32 Å². The number of halogens is 3. The van der Waals surface area contributed by atoms with Gasteiger partial charge in [0, 0.05) is 17.8 Å². The predicted molar refractivity (Wildman–Crippen MR) is 110 cm³/mol. The first-order chi connectivity index (χ1) is 14.8. The van der Waals surface area contributed by atoms with Gasteiger partial charge in [0.05, 0.1) is 16.8 Å². The summed E-state index contributed by atoms with van der Waals surface area (Å²) in [5.41, 5.74) is 0.0673. The second-order valence-electron chi connectivity index (χ2n) is 6.86. The lowest BCUT2D eigenvalue weighted by atomic mass is 10.1. The zero-order valence-corrected chi connectivity index (χ0v) is 16.4. The number of rotatable bonds is 3. The number of nitrogens with zero attached hydrogens (tertiary/aromatic N) is 1. The third-order valence-electron chi connectivity index (χ3n) is 4.86. The minimum absolute atomic E-state index is 0.144. The molecule has 4 rings (SSSR count). The van der Waals surface area contributed by atoms with Gasteiger partial charge in [-0.15, -0.1) is 0 Å². The Bertz CT molecular complexity index is 1170. The van der Waals surface area contributed by atoms with Gasteiger partial charge in [-0.3, -0.25) is 9.59 Å². The average Bonchev–Trinajstić information content (AvgIpc) is 2.87. The van der Waals surface area contributed by atoms with Crippen LogP contribution in [-0.2, 0) is 6.18 Å². The molecular weight excluding hydrogens is 409 g/mol. The van der Waals surface area contributed by atoms with E-state index in [1.807, 2.05) is 6.92 Å². The normalized spacial score (nSPS) is 13.0. The van der Waals surface area contributed by atoms with Gasteiger partial charge < -0.3 is 15.0 Å². The van der Waals surface area contributed by atoms with Crippen molar-refractivity contribution in [3.05, 3.63) is 83.4 Å². The summed E-state index contributed by atoms with van der Waals surface area (Å²) in [4.78, 5) is 27.2. The smallest absolute Gasteiger partial charge is 0.416 e. The summed E-state index contributed by atoms with van der Waals surface area (Å²) in [6.07, 6.45) is -4.55. The highest BCUT2D eigenvalue weighted by atomic mass is 19.4. The monoisotopic (exact) mass is 426 g/mol. The van der Waals surface area contributed by atoms with Crippen molar-refractivity contribution in [1.29, 1.82) is 0 Å². The molecule has 0 spiro atoms. The molecule has 0 aromatic heterocycles. The van der Waals surface area contributed by atoms with E-state index < -0.39 is 17.6 Å². The van der Waals surface area contributed by atoms with Crippen LogP contribution in [0.4, 0.5) is 24.5 Å². The molecule has 0 aliphatic carbocycles. The quantitative estimate of drug-likeness (QED) is 0.582. The molecule has 2 amide bonds. The minimum atomic E-state index is -4.55. The molecule has 0 bridgehead atoms. The standard InChI is InChI=1S/C23H17F3N2O3/c1-2-28-18-8-3-4-9-20(18)31-19-11-10-16(13-17(19)22(28)30)27-21(29)14-6-5-7-15(12-14)23(24,25)26/h3-13H,2H2,1H3,(H,27,29). The predicted octanol–water partition coefficient (Wildman–Crippen LogP) is 5.73. The highest BCUT2D eigenvalue weighted by molar-refractivity contribution is 6.11. The molecule has 1 aliphatic heterocycles. The van der Waals surface area contributed by atoms with E-state index in [0.29, 0.717) is 23.7 Å². The third-order valence-corrected chi connectivity index (χ3v) is 4.86. The Hall–Kier alpha value is -3.81. The minimum Gasteiger partial charge on any atom is -0.454 e. The average molecular weight is 426 g/mol. The lowest BCUT2D eigenvalue weighted by molar-refractivity contribution is -0.137. The Kier molecular flexibility index (Phi) is 5.14. The van der Waals surface area contributed by atoms with Gasteiger partial charge in [0.25, 0.3) is 11.8 Å². The van der Waals surface area contributed by atoms with Crippen molar-refractivity contribution in [2.45, 2.75) is 13.1 Å². The van der Waals surface area contributed by atoms with Crippen LogP contribution in [0.1, 0.15) is 33.2 Å². The van der Waals surface area contributed by atoms with Crippen LogP contribution in [-0.4, -0.2) is 18.4 Å². The number of amides is 2. The molecular formula is C23H17F3N2O3. The first-order valence-corrected chi connectivity index (χ1v) is 9.49. The summed E-state index contributed by atoms with van der Waals surface area (Å²) in [7, 11) is 0. The van der Waals surface area contributed by atoms with Crippen LogP contribution in [0, 0.1) is 0 Å². The first-order valence-electron chi connectivity index (χ1n) is 9.49. The van der Waals surface area contributed by atoms with Gasteiger partial charge in [-0.1, -0.05) is 18.2 Å². The highest BCUT2D eigenvalue weighted by Gasteiger charge is 2.31. The van der Waals surface area contributed by atoms with Crippen LogP contribution in [0.5, 0.6) is 11.5 Å². The van der Waals surface area contributed by atoms with Crippen LogP contribution in [0.15, 0.2) is 66.7 Å². The molecule has 0 atom stereocenters. The zero-order valence-electron chi connectivity index (χ0n) is 16.4. The maximum absolute atomic E-state index is 13.1. The lowest BCUT2D eigenvalue weighted by Gasteiger charge is -2.19. The summed E-state index contributed by atoms with van der Waals surface area (Å²) in [5, 5.41) is 2.55. The molecule has 158 valence electrons. The summed E-state index contributed by atoms with van der Waals surface area (Å²) in [5.74, 6) is -0.177. The maximum atomic E-state index is 13.1. The number of para-hydroxylation sites is 2. The molecule has 0 unspecified atom stereocenters. The Balaban J connectivity index is 1.64. The second kappa shape index (κ2) is 7.79. The van der Waals surface area contributed by atoms with E-state index in [0.717, 1.165) is 12.1 Å². The molecule has 31 heavy (non-hydrogen) atoms. The molecule has 3 aromatic carbocycles. The van der Waals surface area contributed by atoms with Gasteiger partial charge in [-0.05, 0) is 55.5 Å². The van der Waals surface area contributed by atoms with Gasteiger partial charge in [0.1, 0.15) is 5.75 Å². The van der Waals surface area contributed by atoms with E-state index >= 15 is 0 Å². The number of carbonyl (C=O) groups is 2. The number of alkyl halides is 3. The van der Waals surface area contributed by atoms with Gasteiger partial charge in [0.2, 0.25) is 0 Å². The maximum Gasteiger partial charge on any atom is 0.416 e. The fourth-order valence-electron chi connectivity index (χ4n) is 3.36. The molecule has 3 aromatic rings. The topological polar surface area (TPSA) is 58.6 Å². The Morgan fingerprint density at radius 2 is 1.77 bits per heavy atom. The van der Waals surface area contributed by atoms with E-state index in [4.69, 9.17) is 4.74 Å². The van der Waals surface area contributed by atoms with Crippen LogP contribution in [0.25, 0.3) is 0 Å². The van der Waals surface area contributed by atoms with Crippen molar-refractivity contribution < 1.29 is 27.5 Å². The largest absolute Gasteiger partial charge is 0.454 e. The van der Waals surface area contributed by atoms with Crippen LogP contribution in [0.3, 0.4) is 0 Å². The van der Waals surface area contributed by atoms with Crippen molar-refractivity contribution in [1.82, 2.24) is 0 Å². The Labute approximate surface area is 176 Å². The number of nitrogens with one attached hydrogen (secondary N) is 1. The number of hydrogen-bond donors (Lipinski definition) is 1. The molecule has 8 heteroatoms. The Morgan fingerprint density at radius 1 is 1.00 bits per heavy atom. The molecule has 1 heterocycles. The second-order valence-corrected chi connectivity index (χ2v) is 6.86. The number of anilines is 2. The molecule has 5 nitrogen and oxygen atoms in total. The van der Waals surface area contributed by atoms with Gasteiger partial charge >= 0.3 is 6.18 Å². The highest BCUT2D eigenvalue weighted by Crippen LogP contribution is 2.39. The van der Waals surface area contributed by atoms with E-state index in [-0.39, 0.29) is 22.7 Å². The third kappa shape index (κ3) is 3.96. The van der Waals surface area contributed by atoms with Crippen molar-refractivity contribution in [2.75, 3.05) is 16.8 Å². The fraction of sp³-hybridized carbons (Fsp3) is 0.130. The number of carbonyl (C=O) groups excluding carboxylic acids is 2.